The van der Waals surface area contributed by atoms with E-state index in [0.29, 0.717) is 3.57 Å². The van der Waals surface area contributed by atoms with E-state index in [9.17, 15) is 14.0 Å². The van der Waals surface area contributed by atoms with E-state index in [1.165, 1.54) is 19.1 Å². The molecule has 2 N–H and O–H groups in total. The molecule has 4 nitrogen and oxygen atoms in total. The maximum Gasteiger partial charge on any atom is 0.325 e. The van der Waals surface area contributed by atoms with Crippen LogP contribution in [-0.2, 0) is 4.79 Å². The Bertz CT molecular complexity index is 436. The van der Waals surface area contributed by atoms with Gasteiger partial charge in [0, 0.05) is 9.13 Å². The summed E-state index contributed by atoms with van der Waals surface area (Å²) in [5, 5.41) is 10.8. The number of carbonyl (C=O) groups excluding carboxylic acids is 1. The van der Waals surface area contributed by atoms with Gasteiger partial charge in [-0.05, 0) is 47.7 Å². The zero-order valence-electron chi connectivity index (χ0n) is 8.33. The first kappa shape index (κ1) is 12.9. The van der Waals surface area contributed by atoms with E-state index < -0.39 is 23.7 Å². The zero-order valence-corrected chi connectivity index (χ0v) is 10.5. The lowest BCUT2D eigenvalue weighted by Crippen LogP contribution is -2.38. The fourth-order valence-corrected chi connectivity index (χ4v) is 1.31. The van der Waals surface area contributed by atoms with Crippen LogP contribution >= 0.6 is 22.6 Å². The SMILES string of the molecule is C[C@@H](NC(=O)c1ccc(I)c(F)c1)C(=O)O. The number of carboxylic acid groups (broad SMARTS) is 1. The van der Waals surface area contributed by atoms with Crippen LogP contribution in [-0.4, -0.2) is 23.0 Å². The molecular formula is C10H9FINO3. The summed E-state index contributed by atoms with van der Waals surface area (Å²) in [5.41, 5.74) is 0.103. The molecule has 6 heteroatoms. The topological polar surface area (TPSA) is 66.4 Å². The Kier molecular flexibility index (Phi) is 4.22. The molecular weight excluding hydrogens is 328 g/mol. The standard InChI is InChI=1S/C10H9FINO3/c1-5(10(15)16)13-9(14)6-2-3-8(12)7(11)4-6/h2-5H,1H3,(H,13,14)(H,15,16)/t5-/m1/s1. The molecule has 1 aromatic carbocycles. The molecule has 0 heterocycles. The number of hydrogen-bond acceptors (Lipinski definition) is 2. The van der Waals surface area contributed by atoms with E-state index in [4.69, 9.17) is 5.11 Å². The maximum atomic E-state index is 13.1. The van der Waals surface area contributed by atoms with Crippen molar-refractivity contribution in [3.63, 3.8) is 0 Å². The lowest BCUT2D eigenvalue weighted by atomic mass is 10.2. The van der Waals surface area contributed by atoms with Crippen LogP contribution in [0.4, 0.5) is 4.39 Å². The number of carboxylic acids is 1. The predicted molar refractivity (Wildman–Crippen MR) is 63.7 cm³/mol. The number of aliphatic carboxylic acids is 1. The monoisotopic (exact) mass is 337 g/mol. The molecule has 1 rings (SSSR count). The van der Waals surface area contributed by atoms with Gasteiger partial charge in [-0.15, -0.1) is 0 Å². The van der Waals surface area contributed by atoms with Crippen LogP contribution in [0.1, 0.15) is 17.3 Å². The maximum absolute atomic E-state index is 13.1. The minimum atomic E-state index is -1.14. The van der Waals surface area contributed by atoms with Gasteiger partial charge < -0.3 is 10.4 Å². The molecule has 0 aliphatic carbocycles. The van der Waals surface area contributed by atoms with Gasteiger partial charge in [-0.2, -0.15) is 0 Å². The van der Waals surface area contributed by atoms with Crippen LogP contribution < -0.4 is 5.32 Å². The highest BCUT2D eigenvalue weighted by atomic mass is 127. The summed E-state index contributed by atoms with van der Waals surface area (Å²) in [7, 11) is 0. The molecule has 86 valence electrons. The van der Waals surface area contributed by atoms with Gasteiger partial charge in [-0.25, -0.2) is 4.39 Å². The molecule has 1 atom stereocenters. The van der Waals surface area contributed by atoms with E-state index in [2.05, 4.69) is 5.32 Å². The van der Waals surface area contributed by atoms with E-state index >= 15 is 0 Å². The van der Waals surface area contributed by atoms with Crippen molar-refractivity contribution < 1.29 is 19.1 Å². The van der Waals surface area contributed by atoms with Gasteiger partial charge in [-0.1, -0.05) is 0 Å². The van der Waals surface area contributed by atoms with Crippen LogP contribution in [0.25, 0.3) is 0 Å². The van der Waals surface area contributed by atoms with Gasteiger partial charge in [0.05, 0.1) is 0 Å². The highest BCUT2D eigenvalue weighted by Gasteiger charge is 2.15. The number of amides is 1. The van der Waals surface area contributed by atoms with E-state index in [-0.39, 0.29) is 5.56 Å². The average Bonchev–Trinajstić information content (AvgIpc) is 2.21. The molecule has 0 radical (unpaired) electrons. The first-order valence-electron chi connectivity index (χ1n) is 4.40. The molecule has 0 saturated heterocycles. The van der Waals surface area contributed by atoms with Gasteiger partial charge in [0.2, 0.25) is 0 Å². The molecule has 0 aliphatic rings. The first-order chi connectivity index (χ1) is 7.41. The number of halogens is 2. The van der Waals surface area contributed by atoms with Crippen molar-refractivity contribution in [2.45, 2.75) is 13.0 Å². The Hall–Kier alpha value is -1.18. The fourth-order valence-electron chi connectivity index (χ4n) is 0.979. The van der Waals surface area contributed by atoms with E-state index in [1.807, 2.05) is 0 Å². The molecule has 0 aliphatic heterocycles. The number of nitrogens with one attached hydrogen (secondary N) is 1. The van der Waals surface area contributed by atoms with Crippen molar-refractivity contribution in [2.75, 3.05) is 0 Å². The van der Waals surface area contributed by atoms with Crippen molar-refractivity contribution in [1.29, 1.82) is 0 Å². The number of benzene rings is 1. The fraction of sp³-hybridized carbons (Fsp3) is 0.200. The first-order valence-corrected chi connectivity index (χ1v) is 5.48. The van der Waals surface area contributed by atoms with Gasteiger partial charge in [0.1, 0.15) is 11.9 Å². The third-order valence-electron chi connectivity index (χ3n) is 1.90. The summed E-state index contributed by atoms with van der Waals surface area (Å²) in [5.74, 6) is -2.25. The zero-order chi connectivity index (χ0) is 12.3. The average molecular weight is 337 g/mol. The summed E-state index contributed by atoms with van der Waals surface area (Å²) in [6, 6.07) is 2.96. The summed E-state index contributed by atoms with van der Waals surface area (Å²) < 4.78 is 13.5. The molecule has 0 unspecified atom stereocenters. The van der Waals surface area contributed by atoms with E-state index in [1.54, 1.807) is 22.6 Å². The predicted octanol–water partition coefficient (Wildman–Crippen LogP) is 1.63. The molecule has 1 aromatic rings. The molecule has 0 saturated carbocycles. The molecule has 16 heavy (non-hydrogen) atoms. The Morgan fingerprint density at radius 1 is 1.50 bits per heavy atom. The minimum absolute atomic E-state index is 0.103. The second-order valence-electron chi connectivity index (χ2n) is 3.16. The lowest BCUT2D eigenvalue weighted by molar-refractivity contribution is -0.138. The van der Waals surface area contributed by atoms with Gasteiger partial charge in [0.25, 0.3) is 5.91 Å². The molecule has 0 bridgehead atoms. The molecule has 0 fully saturated rings. The third kappa shape index (κ3) is 3.16. The third-order valence-corrected chi connectivity index (χ3v) is 2.77. The Morgan fingerprint density at radius 3 is 2.62 bits per heavy atom. The Labute approximate surface area is 105 Å². The van der Waals surface area contributed by atoms with Crippen molar-refractivity contribution in [3.8, 4) is 0 Å². The summed E-state index contributed by atoms with van der Waals surface area (Å²) in [6.07, 6.45) is 0. The van der Waals surface area contributed by atoms with Crippen LogP contribution in [0.2, 0.25) is 0 Å². The van der Waals surface area contributed by atoms with Crippen molar-refractivity contribution in [1.82, 2.24) is 5.32 Å². The number of hydrogen-bond donors (Lipinski definition) is 2. The molecule has 0 aromatic heterocycles. The van der Waals surface area contributed by atoms with Gasteiger partial charge in [-0.3, -0.25) is 9.59 Å². The summed E-state index contributed by atoms with van der Waals surface area (Å²) in [4.78, 5) is 22.0. The second-order valence-corrected chi connectivity index (χ2v) is 4.32. The minimum Gasteiger partial charge on any atom is -0.480 e. The van der Waals surface area contributed by atoms with E-state index in [0.717, 1.165) is 6.07 Å². The Morgan fingerprint density at radius 2 is 2.12 bits per heavy atom. The quantitative estimate of drug-likeness (QED) is 0.824. The second kappa shape index (κ2) is 5.24. The lowest BCUT2D eigenvalue weighted by Gasteiger charge is -2.09. The van der Waals surface area contributed by atoms with Gasteiger partial charge in [0.15, 0.2) is 0 Å². The summed E-state index contributed by atoms with van der Waals surface area (Å²) >= 11 is 1.80. The van der Waals surface area contributed by atoms with Crippen LogP contribution in [0.15, 0.2) is 18.2 Å². The summed E-state index contributed by atoms with van der Waals surface area (Å²) in [6.45, 7) is 1.34. The molecule has 0 spiro atoms. The highest BCUT2D eigenvalue weighted by Crippen LogP contribution is 2.12. The Balaban J connectivity index is 2.81. The van der Waals surface area contributed by atoms with Crippen molar-refractivity contribution in [2.24, 2.45) is 0 Å². The van der Waals surface area contributed by atoms with Crippen LogP contribution in [0.3, 0.4) is 0 Å². The smallest absolute Gasteiger partial charge is 0.325 e. The van der Waals surface area contributed by atoms with Crippen molar-refractivity contribution in [3.05, 3.63) is 33.1 Å². The van der Waals surface area contributed by atoms with Crippen LogP contribution in [0, 0.1) is 9.39 Å². The van der Waals surface area contributed by atoms with Crippen molar-refractivity contribution >= 4 is 34.5 Å². The number of carbonyl (C=O) groups is 2. The highest BCUT2D eigenvalue weighted by molar-refractivity contribution is 14.1. The number of rotatable bonds is 3. The normalized spacial score (nSPS) is 11.9. The molecule has 1 amide bonds. The van der Waals surface area contributed by atoms with Gasteiger partial charge >= 0.3 is 5.97 Å². The van der Waals surface area contributed by atoms with Crippen LogP contribution in [0.5, 0.6) is 0 Å². The largest absolute Gasteiger partial charge is 0.480 e.